The molecule has 0 aromatic heterocycles. The molecule has 2 rings (SSSR count). The van der Waals surface area contributed by atoms with E-state index in [1.807, 2.05) is 12.1 Å². The van der Waals surface area contributed by atoms with E-state index in [-0.39, 0.29) is 0 Å². The van der Waals surface area contributed by atoms with Crippen LogP contribution in [0.1, 0.15) is 18.9 Å². The Labute approximate surface area is 91.6 Å². The summed E-state index contributed by atoms with van der Waals surface area (Å²) in [6.45, 7) is 2.21. The lowest BCUT2D eigenvalue weighted by Crippen LogP contribution is -1.88. The van der Waals surface area contributed by atoms with Crippen LogP contribution in [0.3, 0.4) is 0 Å². The topological polar surface area (TPSA) is 0 Å². The SMILES string of the molecule is CCCc1ccc[c]c1-c1ccccc1. The van der Waals surface area contributed by atoms with Gasteiger partial charge in [0.2, 0.25) is 0 Å². The van der Waals surface area contributed by atoms with Crippen LogP contribution in [0, 0.1) is 6.07 Å². The maximum atomic E-state index is 3.34. The molecule has 0 unspecified atom stereocenters. The molecule has 0 nitrogen and oxygen atoms in total. The van der Waals surface area contributed by atoms with E-state index >= 15 is 0 Å². The van der Waals surface area contributed by atoms with E-state index in [2.05, 4.69) is 49.4 Å². The van der Waals surface area contributed by atoms with Gasteiger partial charge in [-0.3, -0.25) is 0 Å². The highest BCUT2D eigenvalue weighted by atomic mass is 14.1. The second kappa shape index (κ2) is 4.79. The Morgan fingerprint density at radius 2 is 1.80 bits per heavy atom. The van der Waals surface area contributed by atoms with Crippen molar-refractivity contribution in [1.29, 1.82) is 0 Å². The van der Waals surface area contributed by atoms with E-state index in [1.165, 1.54) is 23.1 Å². The first-order valence-electron chi connectivity index (χ1n) is 5.47. The Morgan fingerprint density at radius 1 is 1.00 bits per heavy atom. The number of benzene rings is 2. The highest BCUT2D eigenvalue weighted by Crippen LogP contribution is 2.23. The molecule has 15 heavy (non-hydrogen) atoms. The van der Waals surface area contributed by atoms with E-state index in [0.29, 0.717) is 0 Å². The second-order valence-corrected chi connectivity index (χ2v) is 3.69. The fourth-order valence-corrected chi connectivity index (χ4v) is 1.82. The van der Waals surface area contributed by atoms with Gasteiger partial charge in [-0.1, -0.05) is 61.9 Å². The number of aryl methyl sites for hydroxylation is 1. The van der Waals surface area contributed by atoms with Crippen molar-refractivity contribution < 1.29 is 0 Å². The normalized spacial score (nSPS) is 10.2. The molecule has 0 heteroatoms. The van der Waals surface area contributed by atoms with Crippen molar-refractivity contribution in [3.8, 4) is 11.1 Å². The zero-order chi connectivity index (χ0) is 10.5. The first-order chi connectivity index (χ1) is 7.42. The van der Waals surface area contributed by atoms with Crippen molar-refractivity contribution >= 4 is 0 Å². The third kappa shape index (κ3) is 2.27. The standard InChI is InChI=1S/C15H15/c1-2-8-13-11-6-7-12-15(13)14-9-4-3-5-10-14/h3-7,9-11H,2,8H2,1H3. The smallest absolute Gasteiger partial charge is 0.00731 e. The molecule has 0 fully saturated rings. The number of hydrogen-bond donors (Lipinski definition) is 0. The zero-order valence-corrected chi connectivity index (χ0v) is 9.03. The Hall–Kier alpha value is -1.56. The predicted octanol–water partition coefficient (Wildman–Crippen LogP) is 4.11. The summed E-state index contributed by atoms with van der Waals surface area (Å²) in [6.07, 6.45) is 2.30. The molecule has 0 spiro atoms. The van der Waals surface area contributed by atoms with Crippen LogP contribution in [0.5, 0.6) is 0 Å². The molecule has 0 N–H and O–H groups in total. The third-order valence-electron chi connectivity index (χ3n) is 2.52. The second-order valence-electron chi connectivity index (χ2n) is 3.69. The van der Waals surface area contributed by atoms with Gasteiger partial charge in [-0.05, 0) is 29.2 Å². The van der Waals surface area contributed by atoms with Crippen molar-refractivity contribution in [2.75, 3.05) is 0 Å². The maximum Gasteiger partial charge on any atom is -0.00731 e. The molecule has 1 radical (unpaired) electrons. The van der Waals surface area contributed by atoms with E-state index < -0.39 is 0 Å². The summed E-state index contributed by atoms with van der Waals surface area (Å²) in [5.41, 5.74) is 3.91. The molecule has 0 bridgehead atoms. The third-order valence-corrected chi connectivity index (χ3v) is 2.52. The summed E-state index contributed by atoms with van der Waals surface area (Å²) >= 11 is 0. The van der Waals surface area contributed by atoms with Crippen molar-refractivity contribution in [3.63, 3.8) is 0 Å². The van der Waals surface area contributed by atoms with Crippen LogP contribution in [0.15, 0.2) is 48.5 Å². The number of hydrogen-bond acceptors (Lipinski definition) is 0. The maximum absolute atomic E-state index is 3.34. The minimum Gasteiger partial charge on any atom is -0.0651 e. The molecule has 0 saturated heterocycles. The molecule has 2 aromatic carbocycles. The molecule has 0 aliphatic heterocycles. The highest BCUT2D eigenvalue weighted by molar-refractivity contribution is 5.66. The molecule has 2 aromatic rings. The summed E-state index contributed by atoms with van der Waals surface area (Å²) in [5, 5.41) is 0. The van der Waals surface area contributed by atoms with Gasteiger partial charge >= 0.3 is 0 Å². The van der Waals surface area contributed by atoms with Gasteiger partial charge in [0.05, 0.1) is 0 Å². The van der Waals surface area contributed by atoms with Crippen LogP contribution in [0.4, 0.5) is 0 Å². The molecule has 0 amide bonds. The molecular formula is C15H15. The summed E-state index contributed by atoms with van der Waals surface area (Å²) in [6, 6.07) is 20.1. The summed E-state index contributed by atoms with van der Waals surface area (Å²) in [5.74, 6) is 0. The Kier molecular flexibility index (Phi) is 3.18. The summed E-state index contributed by atoms with van der Waals surface area (Å²) in [4.78, 5) is 0. The molecule has 0 heterocycles. The fourth-order valence-electron chi connectivity index (χ4n) is 1.82. The van der Waals surface area contributed by atoms with Crippen LogP contribution < -0.4 is 0 Å². The van der Waals surface area contributed by atoms with E-state index in [4.69, 9.17) is 0 Å². The van der Waals surface area contributed by atoms with Crippen molar-refractivity contribution in [2.24, 2.45) is 0 Å². The Bertz CT molecular complexity index is 415. The minimum absolute atomic E-state index is 1.13. The lowest BCUT2D eigenvalue weighted by molar-refractivity contribution is 0.923. The van der Waals surface area contributed by atoms with Crippen LogP contribution in [-0.4, -0.2) is 0 Å². The van der Waals surface area contributed by atoms with Crippen LogP contribution in [0.25, 0.3) is 11.1 Å². The molecule has 75 valence electrons. The zero-order valence-electron chi connectivity index (χ0n) is 9.03. The van der Waals surface area contributed by atoms with E-state index in [1.54, 1.807) is 0 Å². The number of rotatable bonds is 3. The Balaban J connectivity index is 2.43. The first-order valence-corrected chi connectivity index (χ1v) is 5.47. The van der Waals surface area contributed by atoms with Gasteiger partial charge in [-0.25, -0.2) is 0 Å². The summed E-state index contributed by atoms with van der Waals surface area (Å²) in [7, 11) is 0. The Morgan fingerprint density at radius 3 is 2.53 bits per heavy atom. The van der Waals surface area contributed by atoms with Crippen molar-refractivity contribution in [1.82, 2.24) is 0 Å². The van der Waals surface area contributed by atoms with Gasteiger partial charge < -0.3 is 0 Å². The monoisotopic (exact) mass is 195 g/mol. The first kappa shape index (κ1) is 9.97. The van der Waals surface area contributed by atoms with Gasteiger partial charge in [0, 0.05) is 0 Å². The lowest BCUT2D eigenvalue weighted by Gasteiger charge is -2.07. The van der Waals surface area contributed by atoms with Crippen LogP contribution in [0.2, 0.25) is 0 Å². The molecule has 0 aliphatic rings. The van der Waals surface area contributed by atoms with Gasteiger partial charge in [-0.2, -0.15) is 0 Å². The van der Waals surface area contributed by atoms with Crippen LogP contribution in [-0.2, 0) is 6.42 Å². The van der Waals surface area contributed by atoms with Crippen LogP contribution >= 0.6 is 0 Å². The average molecular weight is 195 g/mol. The van der Waals surface area contributed by atoms with E-state index in [9.17, 15) is 0 Å². The summed E-state index contributed by atoms with van der Waals surface area (Å²) < 4.78 is 0. The average Bonchev–Trinajstić information content (AvgIpc) is 2.31. The molecular weight excluding hydrogens is 180 g/mol. The molecule has 0 aliphatic carbocycles. The van der Waals surface area contributed by atoms with Crippen molar-refractivity contribution in [2.45, 2.75) is 19.8 Å². The quantitative estimate of drug-likeness (QED) is 0.691. The van der Waals surface area contributed by atoms with Gasteiger partial charge in [0.25, 0.3) is 0 Å². The predicted molar refractivity (Wildman–Crippen MR) is 64.7 cm³/mol. The van der Waals surface area contributed by atoms with Crippen molar-refractivity contribution in [3.05, 3.63) is 60.2 Å². The minimum atomic E-state index is 1.13. The largest absolute Gasteiger partial charge is 0.0651 e. The van der Waals surface area contributed by atoms with Gasteiger partial charge in [0.15, 0.2) is 0 Å². The molecule has 0 saturated carbocycles. The molecule has 0 atom stereocenters. The van der Waals surface area contributed by atoms with Gasteiger partial charge in [-0.15, -0.1) is 0 Å². The lowest BCUT2D eigenvalue weighted by atomic mass is 9.97. The highest BCUT2D eigenvalue weighted by Gasteiger charge is 2.02. The fraction of sp³-hybridized carbons (Fsp3) is 0.200. The van der Waals surface area contributed by atoms with E-state index in [0.717, 1.165) is 6.42 Å². The van der Waals surface area contributed by atoms with Gasteiger partial charge in [0.1, 0.15) is 0 Å².